The Morgan fingerprint density at radius 2 is 1.26 bits per heavy atom. The fraction of sp³-hybridized carbons (Fsp3) is 0.0370. The van der Waals surface area contributed by atoms with Crippen molar-refractivity contribution in [3.05, 3.63) is 199 Å². The van der Waals surface area contributed by atoms with Crippen LogP contribution in [0.25, 0.3) is 87.2 Å². The number of anilines is 3. The quantitative estimate of drug-likeness (QED) is 0.168. The summed E-state index contributed by atoms with van der Waals surface area (Å²) < 4.78 is 10.3. The number of furan rings is 1. The van der Waals surface area contributed by atoms with E-state index in [9.17, 15) is 0 Å². The van der Waals surface area contributed by atoms with Crippen LogP contribution in [0.15, 0.2) is 192 Å². The molecule has 0 amide bonds. The van der Waals surface area contributed by atoms with Gasteiger partial charge in [-0.25, -0.2) is 0 Å². The van der Waals surface area contributed by atoms with Crippen LogP contribution in [0, 0.1) is 0 Å². The third kappa shape index (κ3) is 5.19. The zero-order valence-electron chi connectivity index (χ0n) is 31.6. The molecule has 0 bridgehead atoms. The van der Waals surface area contributed by atoms with Crippen molar-refractivity contribution in [1.29, 1.82) is 0 Å². The lowest BCUT2D eigenvalue weighted by Crippen LogP contribution is -2.10. The lowest BCUT2D eigenvalue weighted by atomic mass is 9.90. The summed E-state index contributed by atoms with van der Waals surface area (Å²) in [7, 11) is 0. The lowest BCUT2D eigenvalue weighted by molar-refractivity contribution is 0.669. The molecule has 1 aliphatic rings. The van der Waals surface area contributed by atoms with Crippen LogP contribution in [0.4, 0.5) is 17.1 Å². The van der Waals surface area contributed by atoms with Crippen molar-refractivity contribution in [2.45, 2.75) is 12.8 Å². The van der Waals surface area contributed by atoms with Gasteiger partial charge in [0.1, 0.15) is 10.4 Å². The summed E-state index contributed by atoms with van der Waals surface area (Å²) in [6, 6.07) is 66.0. The number of nitrogens with zero attached hydrogens (tertiary/aromatic N) is 2. The summed E-state index contributed by atoms with van der Waals surface area (Å²) in [5.41, 5.74) is 15.0. The molecule has 3 heterocycles. The molecule has 3 aromatic heterocycles. The van der Waals surface area contributed by atoms with Gasteiger partial charge in [0.05, 0.1) is 11.2 Å². The highest BCUT2D eigenvalue weighted by Crippen LogP contribution is 2.45. The van der Waals surface area contributed by atoms with Crippen molar-refractivity contribution in [2.75, 3.05) is 4.90 Å². The van der Waals surface area contributed by atoms with Gasteiger partial charge in [-0.15, -0.1) is 11.3 Å². The van der Waals surface area contributed by atoms with Gasteiger partial charge < -0.3 is 13.9 Å². The molecule has 8 aromatic carbocycles. The van der Waals surface area contributed by atoms with Crippen molar-refractivity contribution in [3.8, 4) is 27.9 Å². The summed E-state index contributed by atoms with van der Waals surface area (Å²) in [6.45, 7) is 0. The number of hydrogen-bond donors (Lipinski definition) is 0. The Labute approximate surface area is 340 Å². The molecule has 0 atom stereocenters. The van der Waals surface area contributed by atoms with E-state index in [0.29, 0.717) is 0 Å². The molecule has 274 valence electrons. The highest BCUT2D eigenvalue weighted by Gasteiger charge is 2.21. The fourth-order valence-corrected chi connectivity index (χ4v) is 10.4. The van der Waals surface area contributed by atoms with Crippen molar-refractivity contribution < 1.29 is 4.42 Å². The monoisotopic (exact) mass is 760 g/mol. The van der Waals surface area contributed by atoms with E-state index >= 15 is 0 Å². The fourth-order valence-electron chi connectivity index (χ4n) is 9.15. The van der Waals surface area contributed by atoms with Crippen LogP contribution in [0.2, 0.25) is 0 Å². The first-order valence-electron chi connectivity index (χ1n) is 20.0. The number of rotatable bonds is 6. The minimum Gasteiger partial charge on any atom is -0.454 e. The molecule has 12 rings (SSSR count). The maximum Gasteiger partial charge on any atom is 0.159 e. The number of para-hydroxylation sites is 4. The highest BCUT2D eigenvalue weighted by molar-refractivity contribution is 7.25. The topological polar surface area (TPSA) is 21.3 Å². The van der Waals surface area contributed by atoms with Crippen LogP contribution in [-0.4, -0.2) is 4.57 Å². The summed E-state index contributed by atoms with van der Waals surface area (Å²) in [4.78, 5) is 3.61. The van der Waals surface area contributed by atoms with E-state index in [1.165, 1.54) is 70.3 Å². The Kier molecular flexibility index (Phi) is 7.54. The molecular formula is C54H36N2OS. The Hall–Kier alpha value is -7.14. The molecule has 11 aromatic rings. The van der Waals surface area contributed by atoms with Crippen molar-refractivity contribution in [1.82, 2.24) is 4.57 Å². The van der Waals surface area contributed by atoms with E-state index in [1.807, 2.05) is 17.4 Å². The average molecular weight is 761 g/mol. The number of hydrogen-bond acceptors (Lipinski definition) is 3. The van der Waals surface area contributed by atoms with Crippen molar-refractivity contribution in [2.24, 2.45) is 0 Å². The van der Waals surface area contributed by atoms with Crippen molar-refractivity contribution in [3.63, 3.8) is 0 Å². The summed E-state index contributed by atoms with van der Waals surface area (Å²) in [5, 5.41) is 6.14. The van der Waals surface area contributed by atoms with Gasteiger partial charge in [0, 0.05) is 48.7 Å². The van der Waals surface area contributed by atoms with Gasteiger partial charge in [-0.1, -0.05) is 133 Å². The number of aryl methyl sites for hydroxylation is 1. The molecule has 0 unspecified atom stereocenters. The van der Waals surface area contributed by atoms with Gasteiger partial charge in [-0.3, -0.25) is 0 Å². The molecule has 0 fully saturated rings. The Morgan fingerprint density at radius 1 is 0.552 bits per heavy atom. The van der Waals surface area contributed by atoms with Gasteiger partial charge in [0.15, 0.2) is 5.58 Å². The summed E-state index contributed by atoms with van der Waals surface area (Å²) in [5.74, 6) is 0. The summed E-state index contributed by atoms with van der Waals surface area (Å²) in [6.07, 6.45) is 6.78. The Morgan fingerprint density at radius 3 is 2.10 bits per heavy atom. The predicted octanol–water partition coefficient (Wildman–Crippen LogP) is 15.7. The zero-order valence-corrected chi connectivity index (χ0v) is 32.4. The van der Waals surface area contributed by atoms with Gasteiger partial charge >= 0.3 is 0 Å². The second-order valence-electron chi connectivity index (χ2n) is 15.2. The third-order valence-electron chi connectivity index (χ3n) is 11.9. The minimum absolute atomic E-state index is 0.876. The third-order valence-corrected chi connectivity index (χ3v) is 13.0. The van der Waals surface area contributed by atoms with E-state index in [1.54, 1.807) is 0 Å². The highest BCUT2D eigenvalue weighted by atomic mass is 32.1. The summed E-state index contributed by atoms with van der Waals surface area (Å²) >= 11 is 1.87. The minimum atomic E-state index is 0.876. The van der Waals surface area contributed by atoms with E-state index < -0.39 is 0 Å². The van der Waals surface area contributed by atoms with Crippen LogP contribution < -0.4 is 4.90 Å². The van der Waals surface area contributed by atoms with Crippen LogP contribution in [-0.2, 0) is 6.42 Å². The normalized spacial score (nSPS) is 12.6. The SMILES string of the molecule is C1=Cc2c(cccc2-c2ccc(N(c3ccc(-c4ccc5c(c4)sc4c5c5ccccc5n4-c4ccccc4)cc3)c3cccc4c3oc3ccccc34)cc2)CC1. The molecule has 4 heteroatoms. The first kappa shape index (κ1) is 33.0. The standard InChI is InChI=1S/C54H36N2OS/c1-2-14-39(15-3-1)56-48-21-8-6-18-46(48)52-47-33-28-38(34-51(47)58-54(52)56)35-24-29-40(30-25-35)55(49-22-11-20-45-44-17-7-9-23-50(44)57-53(45)49)41-31-26-37(27-32-41)43-19-10-13-36-12-4-5-16-42(36)43/h1-3,5-11,13-34H,4,12H2. The molecule has 58 heavy (non-hydrogen) atoms. The molecule has 0 spiro atoms. The second kappa shape index (κ2) is 13.2. The lowest BCUT2D eigenvalue weighted by Gasteiger charge is -2.26. The first-order chi connectivity index (χ1) is 28.8. The number of allylic oxidation sites excluding steroid dienone is 1. The molecule has 3 nitrogen and oxygen atoms in total. The molecule has 0 aliphatic heterocycles. The van der Waals surface area contributed by atoms with Crippen LogP contribution in [0.5, 0.6) is 0 Å². The van der Waals surface area contributed by atoms with E-state index in [0.717, 1.165) is 51.8 Å². The van der Waals surface area contributed by atoms with E-state index in [4.69, 9.17) is 4.42 Å². The van der Waals surface area contributed by atoms with Crippen LogP contribution >= 0.6 is 11.3 Å². The number of aromatic nitrogens is 1. The molecule has 1 aliphatic carbocycles. The molecule has 0 radical (unpaired) electrons. The largest absolute Gasteiger partial charge is 0.454 e. The average Bonchev–Trinajstić information content (AvgIpc) is 3.96. The molecule has 0 saturated carbocycles. The predicted molar refractivity (Wildman–Crippen MR) is 246 cm³/mol. The van der Waals surface area contributed by atoms with Gasteiger partial charge in [0.25, 0.3) is 0 Å². The van der Waals surface area contributed by atoms with E-state index in [-0.39, 0.29) is 0 Å². The number of thiophene rings is 1. The van der Waals surface area contributed by atoms with Gasteiger partial charge in [-0.05, 0) is 107 Å². The first-order valence-corrected chi connectivity index (χ1v) is 20.8. The van der Waals surface area contributed by atoms with Gasteiger partial charge in [-0.2, -0.15) is 0 Å². The van der Waals surface area contributed by atoms with E-state index in [2.05, 4.69) is 198 Å². The molecule has 0 saturated heterocycles. The van der Waals surface area contributed by atoms with Crippen LogP contribution in [0.1, 0.15) is 17.5 Å². The zero-order chi connectivity index (χ0) is 38.2. The molecular weight excluding hydrogens is 725 g/mol. The molecule has 0 N–H and O–H groups in total. The Balaban J connectivity index is 0.966. The smallest absolute Gasteiger partial charge is 0.159 e. The maximum atomic E-state index is 6.63. The van der Waals surface area contributed by atoms with Gasteiger partial charge in [0.2, 0.25) is 0 Å². The number of benzene rings is 8. The van der Waals surface area contributed by atoms with Crippen molar-refractivity contribution >= 4 is 87.6 Å². The second-order valence-corrected chi connectivity index (χ2v) is 16.2. The number of fused-ring (bicyclic) bond motifs is 9. The maximum absolute atomic E-state index is 6.63. The van der Waals surface area contributed by atoms with Crippen LogP contribution in [0.3, 0.4) is 0 Å². The Bertz CT molecular complexity index is 3380.